The van der Waals surface area contributed by atoms with Crippen molar-refractivity contribution in [2.75, 3.05) is 0 Å². The molecule has 1 heterocycles. The molecule has 1 rings (SSSR count). The fourth-order valence-electron chi connectivity index (χ4n) is 1.27. The average molecular weight is 287 g/mol. The third-order valence-electron chi connectivity index (χ3n) is 1.89. The normalized spacial score (nSPS) is 12.7. The summed E-state index contributed by atoms with van der Waals surface area (Å²) in [6.45, 7) is 5.18. The molecule has 96 valence electrons. The first-order chi connectivity index (χ1) is 8.23. The number of rotatable bonds is 2. The third kappa shape index (κ3) is 4.17. The molecule has 1 aromatic rings. The van der Waals surface area contributed by atoms with Crippen molar-refractivity contribution in [2.45, 2.75) is 32.3 Å². The van der Waals surface area contributed by atoms with Gasteiger partial charge in [-0.1, -0.05) is 23.2 Å². The van der Waals surface area contributed by atoms with Gasteiger partial charge in [-0.25, -0.2) is 4.98 Å². The molecule has 1 atom stereocenters. The monoisotopic (exact) mass is 286 g/mol. The molecular weight excluding hydrogens is 275 g/mol. The SMILES string of the molecule is CC(C)(C)OC(=O)C(C#N)c1cc(Cl)nc(Cl)c1. The van der Waals surface area contributed by atoms with Crippen LogP contribution in [0.1, 0.15) is 32.3 Å². The second-order valence-electron chi connectivity index (χ2n) is 4.64. The number of pyridine rings is 1. The zero-order valence-corrected chi connectivity index (χ0v) is 11.7. The number of nitriles is 1. The van der Waals surface area contributed by atoms with Crippen molar-refractivity contribution in [2.24, 2.45) is 0 Å². The zero-order chi connectivity index (χ0) is 13.9. The molecule has 1 unspecified atom stereocenters. The van der Waals surface area contributed by atoms with Crippen LogP contribution in [-0.4, -0.2) is 16.6 Å². The maximum Gasteiger partial charge on any atom is 0.328 e. The van der Waals surface area contributed by atoms with Crippen LogP contribution in [0.5, 0.6) is 0 Å². The molecule has 0 aliphatic heterocycles. The highest BCUT2D eigenvalue weighted by molar-refractivity contribution is 6.32. The number of halogens is 2. The van der Waals surface area contributed by atoms with E-state index in [9.17, 15) is 4.79 Å². The summed E-state index contributed by atoms with van der Waals surface area (Å²) in [7, 11) is 0. The quantitative estimate of drug-likeness (QED) is 0.618. The number of ether oxygens (including phenoxy) is 1. The molecule has 0 aliphatic carbocycles. The van der Waals surface area contributed by atoms with Gasteiger partial charge in [-0.05, 0) is 38.5 Å². The maximum absolute atomic E-state index is 11.9. The van der Waals surface area contributed by atoms with Crippen molar-refractivity contribution in [3.8, 4) is 6.07 Å². The molecule has 1 aromatic heterocycles. The summed E-state index contributed by atoms with van der Waals surface area (Å²) in [6.07, 6.45) is 0. The van der Waals surface area contributed by atoms with E-state index < -0.39 is 17.5 Å². The van der Waals surface area contributed by atoms with Gasteiger partial charge in [0.05, 0.1) is 6.07 Å². The lowest BCUT2D eigenvalue weighted by molar-refractivity contribution is -0.155. The molecule has 18 heavy (non-hydrogen) atoms. The van der Waals surface area contributed by atoms with Gasteiger partial charge in [0.2, 0.25) is 0 Å². The number of hydrogen-bond acceptors (Lipinski definition) is 4. The van der Waals surface area contributed by atoms with Crippen molar-refractivity contribution >= 4 is 29.2 Å². The number of hydrogen-bond donors (Lipinski definition) is 0. The first-order valence-corrected chi connectivity index (χ1v) is 5.94. The fourth-order valence-corrected chi connectivity index (χ4v) is 1.75. The van der Waals surface area contributed by atoms with Crippen LogP contribution in [-0.2, 0) is 9.53 Å². The van der Waals surface area contributed by atoms with Crippen LogP contribution >= 0.6 is 23.2 Å². The van der Waals surface area contributed by atoms with Gasteiger partial charge in [-0.15, -0.1) is 0 Å². The zero-order valence-electron chi connectivity index (χ0n) is 10.2. The van der Waals surface area contributed by atoms with Gasteiger partial charge in [-0.2, -0.15) is 5.26 Å². The van der Waals surface area contributed by atoms with Gasteiger partial charge in [0, 0.05) is 0 Å². The minimum absolute atomic E-state index is 0.126. The van der Waals surface area contributed by atoms with Gasteiger partial charge < -0.3 is 4.74 Å². The molecule has 0 aromatic carbocycles. The lowest BCUT2D eigenvalue weighted by Crippen LogP contribution is -2.27. The standard InChI is InChI=1S/C12H12Cl2N2O2/c1-12(2,3)18-11(17)8(6-15)7-4-9(13)16-10(14)5-7/h4-5,8H,1-3H3. The summed E-state index contributed by atoms with van der Waals surface area (Å²) in [5.74, 6) is -1.70. The van der Waals surface area contributed by atoms with Crippen LogP contribution in [0.15, 0.2) is 12.1 Å². The number of carbonyl (C=O) groups is 1. The summed E-state index contributed by atoms with van der Waals surface area (Å²) in [5.41, 5.74) is -0.288. The lowest BCUT2D eigenvalue weighted by Gasteiger charge is -2.21. The van der Waals surface area contributed by atoms with Gasteiger partial charge >= 0.3 is 5.97 Å². The molecule has 4 nitrogen and oxygen atoms in total. The van der Waals surface area contributed by atoms with E-state index >= 15 is 0 Å². The highest BCUT2D eigenvalue weighted by Crippen LogP contribution is 2.24. The third-order valence-corrected chi connectivity index (χ3v) is 2.28. The highest BCUT2D eigenvalue weighted by Gasteiger charge is 2.27. The maximum atomic E-state index is 11.9. The first kappa shape index (κ1) is 14.7. The van der Waals surface area contributed by atoms with Crippen LogP contribution in [0.3, 0.4) is 0 Å². The van der Waals surface area contributed by atoms with Crippen molar-refractivity contribution in [1.82, 2.24) is 4.98 Å². The molecule has 0 aliphatic rings. The summed E-state index contributed by atoms with van der Waals surface area (Å²) in [4.78, 5) is 15.6. The van der Waals surface area contributed by atoms with Crippen molar-refractivity contribution < 1.29 is 9.53 Å². The topological polar surface area (TPSA) is 63.0 Å². The smallest absolute Gasteiger partial charge is 0.328 e. The molecule has 6 heteroatoms. The Morgan fingerprint density at radius 2 is 1.89 bits per heavy atom. The number of carbonyl (C=O) groups excluding carboxylic acids is 1. The fraction of sp³-hybridized carbons (Fsp3) is 0.417. The van der Waals surface area contributed by atoms with E-state index in [-0.39, 0.29) is 10.3 Å². The van der Waals surface area contributed by atoms with E-state index in [2.05, 4.69) is 4.98 Å². The molecule has 0 bridgehead atoms. The van der Waals surface area contributed by atoms with E-state index in [4.69, 9.17) is 33.2 Å². The Hall–Kier alpha value is -1.31. The molecule has 0 amide bonds. The van der Waals surface area contributed by atoms with Crippen molar-refractivity contribution in [1.29, 1.82) is 5.26 Å². The molecule has 0 fully saturated rings. The second kappa shape index (κ2) is 5.55. The van der Waals surface area contributed by atoms with E-state index in [1.165, 1.54) is 12.1 Å². The molecule has 0 saturated carbocycles. The summed E-state index contributed by atoms with van der Waals surface area (Å²) in [5, 5.41) is 9.32. The Labute approximate surface area is 115 Å². The molecule has 0 N–H and O–H groups in total. The van der Waals surface area contributed by atoms with Crippen LogP contribution in [0, 0.1) is 11.3 Å². The van der Waals surface area contributed by atoms with Crippen molar-refractivity contribution in [3.05, 3.63) is 28.0 Å². The molecule has 0 saturated heterocycles. The predicted molar refractivity (Wildman–Crippen MR) is 68.5 cm³/mol. The van der Waals surface area contributed by atoms with Crippen LogP contribution in [0.2, 0.25) is 10.3 Å². The van der Waals surface area contributed by atoms with Gasteiger partial charge in [0.25, 0.3) is 0 Å². The molecular formula is C12H12Cl2N2O2. The number of aromatic nitrogens is 1. The van der Waals surface area contributed by atoms with Gasteiger partial charge in [0.1, 0.15) is 15.9 Å². The number of nitrogens with zero attached hydrogens (tertiary/aromatic N) is 2. The van der Waals surface area contributed by atoms with Crippen LogP contribution < -0.4 is 0 Å². The molecule has 0 radical (unpaired) electrons. The van der Waals surface area contributed by atoms with E-state index in [0.29, 0.717) is 5.56 Å². The Balaban J connectivity index is 3.04. The Morgan fingerprint density at radius 1 is 1.39 bits per heavy atom. The Morgan fingerprint density at radius 3 is 2.28 bits per heavy atom. The van der Waals surface area contributed by atoms with Gasteiger partial charge in [0.15, 0.2) is 5.92 Å². The first-order valence-electron chi connectivity index (χ1n) is 5.18. The van der Waals surface area contributed by atoms with E-state index in [1.54, 1.807) is 20.8 Å². The highest BCUT2D eigenvalue weighted by atomic mass is 35.5. The number of esters is 1. The van der Waals surface area contributed by atoms with Crippen LogP contribution in [0.4, 0.5) is 0 Å². The van der Waals surface area contributed by atoms with Crippen molar-refractivity contribution in [3.63, 3.8) is 0 Å². The summed E-state index contributed by atoms with van der Waals surface area (Å²) < 4.78 is 5.16. The van der Waals surface area contributed by atoms with E-state index in [1.807, 2.05) is 6.07 Å². The van der Waals surface area contributed by atoms with Gasteiger partial charge in [-0.3, -0.25) is 4.79 Å². The minimum atomic E-state index is -1.07. The average Bonchev–Trinajstić information content (AvgIpc) is 2.13. The Bertz CT molecular complexity index is 484. The van der Waals surface area contributed by atoms with Crippen LogP contribution in [0.25, 0.3) is 0 Å². The predicted octanol–water partition coefficient (Wildman–Crippen LogP) is 3.34. The second-order valence-corrected chi connectivity index (χ2v) is 5.42. The van der Waals surface area contributed by atoms with E-state index in [0.717, 1.165) is 0 Å². The summed E-state index contributed by atoms with van der Waals surface area (Å²) >= 11 is 11.5. The molecule has 0 spiro atoms. The largest absolute Gasteiger partial charge is 0.459 e. The lowest BCUT2D eigenvalue weighted by atomic mass is 10.0. The minimum Gasteiger partial charge on any atom is -0.459 e. The Kier molecular flexibility index (Phi) is 4.55. The summed E-state index contributed by atoms with van der Waals surface area (Å²) in [6, 6.07) is 4.72.